The van der Waals surface area contributed by atoms with Crippen molar-refractivity contribution in [1.82, 2.24) is 40.1 Å². The average molecular weight is 524 g/mol. The SMILES string of the molecule is O=C(NC12CC(C1)C2)O[C@H]1C[C@@H](c2cc(Nc3nccc4nc(C(=O)N5CCNCC5)cn34)n[nH]2)C[C@H]1F. The third-order valence-electron chi connectivity index (χ3n) is 8.38. The van der Waals surface area contributed by atoms with Crippen LogP contribution in [0.15, 0.2) is 24.5 Å². The van der Waals surface area contributed by atoms with E-state index in [-0.39, 0.29) is 23.8 Å². The van der Waals surface area contributed by atoms with Crippen LogP contribution in [-0.4, -0.2) is 85.5 Å². The van der Waals surface area contributed by atoms with Gasteiger partial charge in [-0.15, -0.1) is 0 Å². The molecule has 8 rings (SSSR count). The molecule has 5 fully saturated rings. The molecule has 3 atom stereocenters. The molecule has 4 aliphatic carbocycles. The zero-order valence-corrected chi connectivity index (χ0v) is 20.8. The highest BCUT2D eigenvalue weighted by molar-refractivity contribution is 5.93. The molecule has 2 bridgehead atoms. The minimum atomic E-state index is -1.23. The number of halogens is 1. The fourth-order valence-corrected chi connectivity index (χ4v) is 6.21. The maximum atomic E-state index is 14.7. The van der Waals surface area contributed by atoms with Crippen LogP contribution in [0.4, 0.5) is 21.0 Å². The van der Waals surface area contributed by atoms with Crippen molar-refractivity contribution in [1.29, 1.82) is 0 Å². The number of alkyl carbamates (subject to hydrolysis) is 1. The lowest BCUT2D eigenvalue weighted by Gasteiger charge is -2.61. The number of rotatable bonds is 6. The number of fused-ring (bicyclic) bond motifs is 1. The molecule has 3 aromatic rings. The van der Waals surface area contributed by atoms with E-state index < -0.39 is 18.4 Å². The summed E-state index contributed by atoms with van der Waals surface area (Å²) >= 11 is 0. The van der Waals surface area contributed by atoms with Crippen molar-refractivity contribution in [2.75, 3.05) is 31.5 Å². The molecule has 0 spiro atoms. The standard InChI is InChI=1S/C25H30FN9O3/c26-16-7-15(8-19(16)38-24(37)31-25-10-14(11-25)12-25)17-9-20(33-32-17)30-23-28-2-1-21-29-18(13-35(21)23)22(36)34-5-3-27-4-6-34/h1-2,9,13-16,19,27H,3-8,10-12H2,(H,31,37)(H2,28,30,32,33)/t14?,15-,16+,19-,25?/m0/s1. The van der Waals surface area contributed by atoms with E-state index in [0.29, 0.717) is 42.6 Å². The van der Waals surface area contributed by atoms with Gasteiger partial charge in [0.1, 0.15) is 23.6 Å². The van der Waals surface area contributed by atoms with Crippen molar-refractivity contribution in [3.63, 3.8) is 0 Å². The Bertz CT molecular complexity index is 1370. The largest absolute Gasteiger partial charge is 0.443 e. The Hall–Kier alpha value is -3.74. The molecule has 13 heteroatoms. The highest BCUT2D eigenvalue weighted by Gasteiger charge is 2.58. The topological polar surface area (TPSA) is 142 Å². The highest BCUT2D eigenvalue weighted by atomic mass is 19.1. The number of carbonyl (C=O) groups excluding carboxylic acids is 2. The number of amides is 2. The van der Waals surface area contributed by atoms with Gasteiger partial charge in [-0.3, -0.25) is 14.3 Å². The lowest BCUT2D eigenvalue weighted by molar-refractivity contribution is -0.0530. The highest BCUT2D eigenvalue weighted by Crippen LogP contribution is 2.57. The zero-order chi connectivity index (χ0) is 25.9. The number of hydrogen-bond acceptors (Lipinski definition) is 8. The molecule has 12 nitrogen and oxygen atoms in total. The van der Waals surface area contributed by atoms with Crippen molar-refractivity contribution in [2.45, 2.75) is 55.8 Å². The maximum absolute atomic E-state index is 14.7. The van der Waals surface area contributed by atoms with E-state index in [4.69, 9.17) is 4.74 Å². The maximum Gasteiger partial charge on any atom is 0.407 e. The van der Waals surface area contributed by atoms with Gasteiger partial charge in [-0.2, -0.15) is 5.10 Å². The molecule has 5 aliphatic rings. The van der Waals surface area contributed by atoms with Gasteiger partial charge >= 0.3 is 6.09 Å². The van der Waals surface area contributed by atoms with E-state index in [9.17, 15) is 14.0 Å². The number of hydrogen-bond donors (Lipinski definition) is 4. The van der Waals surface area contributed by atoms with E-state index in [1.54, 1.807) is 27.8 Å². The Kier molecular flexibility index (Phi) is 5.49. The smallest absolute Gasteiger partial charge is 0.407 e. The second-order valence-corrected chi connectivity index (χ2v) is 11.0. The lowest BCUT2D eigenvalue weighted by Crippen LogP contribution is -2.68. The minimum Gasteiger partial charge on any atom is -0.443 e. The van der Waals surface area contributed by atoms with Gasteiger partial charge in [-0.1, -0.05) is 0 Å². The van der Waals surface area contributed by atoms with Crippen molar-refractivity contribution < 1.29 is 18.7 Å². The summed E-state index contributed by atoms with van der Waals surface area (Å²) in [5.41, 5.74) is 1.61. The van der Waals surface area contributed by atoms with Crippen molar-refractivity contribution in [3.8, 4) is 0 Å². The molecule has 0 radical (unpaired) electrons. The molecule has 0 aromatic carbocycles. The Balaban J connectivity index is 1.01. The van der Waals surface area contributed by atoms with Crippen LogP contribution < -0.4 is 16.0 Å². The van der Waals surface area contributed by atoms with Gasteiger partial charge in [0.05, 0.1) is 0 Å². The molecule has 38 heavy (non-hydrogen) atoms. The number of ether oxygens (including phenoxy) is 1. The second-order valence-electron chi connectivity index (χ2n) is 11.0. The number of anilines is 2. The molecule has 2 amide bonds. The monoisotopic (exact) mass is 523 g/mol. The number of nitrogens with one attached hydrogen (secondary N) is 4. The van der Waals surface area contributed by atoms with E-state index >= 15 is 0 Å². The van der Waals surface area contributed by atoms with Gasteiger partial charge in [0.25, 0.3) is 5.91 Å². The fraction of sp³-hybridized carbons (Fsp3) is 0.560. The van der Waals surface area contributed by atoms with E-state index in [2.05, 4.69) is 36.1 Å². The van der Waals surface area contributed by atoms with Crippen LogP contribution in [0.25, 0.3) is 5.65 Å². The van der Waals surface area contributed by atoms with Crippen molar-refractivity contribution in [2.24, 2.45) is 5.92 Å². The summed E-state index contributed by atoms with van der Waals surface area (Å²) in [5, 5.41) is 16.7. The minimum absolute atomic E-state index is 0.0965. The average Bonchev–Trinajstić information content (AvgIpc) is 3.60. The van der Waals surface area contributed by atoms with E-state index in [1.165, 1.54) is 0 Å². The molecule has 1 saturated heterocycles. The number of alkyl halides is 1. The number of aromatic amines is 1. The van der Waals surface area contributed by atoms with Crippen molar-refractivity contribution in [3.05, 3.63) is 35.9 Å². The first-order chi connectivity index (χ1) is 18.4. The lowest BCUT2D eigenvalue weighted by atomic mass is 9.50. The summed E-state index contributed by atoms with van der Waals surface area (Å²) in [7, 11) is 0. The summed E-state index contributed by atoms with van der Waals surface area (Å²) in [6.45, 7) is 2.82. The molecule has 0 unspecified atom stereocenters. The van der Waals surface area contributed by atoms with Crippen LogP contribution in [0, 0.1) is 5.92 Å². The van der Waals surface area contributed by atoms with Crippen LogP contribution in [0.5, 0.6) is 0 Å². The predicted molar refractivity (Wildman–Crippen MR) is 134 cm³/mol. The van der Waals surface area contributed by atoms with Gasteiger partial charge in [-0.25, -0.2) is 19.2 Å². The third kappa shape index (κ3) is 4.14. The molecule has 3 aromatic heterocycles. The molecule has 4 heterocycles. The fourth-order valence-electron chi connectivity index (χ4n) is 6.21. The van der Waals surface area contributed by atoms with Crippen LogP contribution in [0.3, 0.4) is 0 Å². The van der Waals surface area contributed by atoms with Crippen molar-refractivity contribution >= 4 is 29.4 Å². The van der Waals surface area contributed by atoms with Gasteiger partial charge in [0, 0.05) is 61.8 Å². The first-order valence-corrected chi connectivity index (χ1v) is 13.2. The number of imidazole rings is 1. The Morgan fingerprint density at radius 2 is 2.00 bits per heavy atom. The predicted octanol–water partition coefficient (Wildman–Crippen LogP) is 2.10. The third-order valence-corrected chi connectivity index (χ3v) is 8.38. The van der Waals surface area contributed by atoms with Crippen LogP contribution in [0.1, 0.15) is 54.2 Å². The van der Waals surface area contributed by atoms with Gasteiger partial charge < -0.3 is 25.6 Å². The molecule has 4 saturated carbocycles. The summed E-state index contributed by atoms with van der Waals surface area (Å²) in [6.07, 6.45) is 4.42. The Morgan fingerprint density at radius 3 is 2.76 bits per heavy atom. The van der Waals surface area contributed by atoms with Gasteiger partial charge in [0.15, 0.2) is 5.82 Å². The number of H-pyrrole nitrogens is 1. The molecular weight excluding hydrogens is 493 g/mol. The van der Waals surface area contributed by atoms with E-state index in [0.717, 1.165) is 44.0 Å². The molecule has 1 aliphatic heterocycles. The molecule has 200 valence electrons. The van der Waals surface area contributed by atoms with Crippen LogP contribution in [-0.2, 0) is 4.74 Å². The quantitative estimate of drug-likeness (QED) is 0.385. The summed E-state index contributed by atoms with van der Waals surface area (Å²) in [5.74, 6) is 1.43. The summed E-state index contributed by atoms with van der Waals surface area (Å²) < 4.78 is 21.9. The second kappa shape index (κ2) is 8.93. The number of piperazine rings is 1. The van der Waals surface area contributed by atoms with Gasteiger partial charge in [0.2, 0.25) is 5.95 Å². The summed E-state index contributed by atoms with van der Waals surface area (Å²) in [6, 6.07) is 3.55. The number of aromatic nitrogens is 5. The number of carbonyl (C=O) groups is 2. The number of nitrogens with zero attached hydrogens (tertiary/aromatic N) is 5. The normalized spacial score (nSPS) is 30.0. The Labute approximate surface area is 217 Å². The van der Waals surface area contributed by atoms with Crippen LogP contribution in [0.2, 0.25) is 0 Å². The first kappa shape index (κ1) is 23.4. The Morgan fingerprint density at radius 1 is 1.18 bits per heavy atom. The molecule has 4 N–H and O–H groups in total. The van der Waals surface area contributed by atoms with Crippen LogP contribution >= 0.6 is 0 Å². The summed E-state index contributed by atoms with van der Waals surface area (Å²) in [4.78, 5) is 35.9. The molecular formula is C25H30FN9O3. The van der Waals surface area contributed by atoms with Gasteiger partial charge in [-0.05, 0) is 44.1 Å². The van der Waals surface area contributed by atoms with E-state index in [1.807, 2.05) is 6.07 Å². The first-order valence-electron chi connectivity index (χ1n) is 13.2. The zero-order valence-electron chi connectivity index (χ0n) is 20.8.